The summed E-state index contributed by atoms with van der Waals surface area (Å²) in [5.41, 5.74) is 14.0. The zero-order valence-electron chi connectivity index (χ0n) is 14.8. The van der Waals surface area contributed by atoms with Crippen LogP contribution in [0.1, 0.15) is 48.7 Å². The lowest BCUT2D eigenvalue weighted by Gasteiger charge is -2.12. The Hall–Kier alpha value is -2.40. The number of aryl methyl sites for hydroxylation is 1. The number of hydrogen-bond donors (Lipinski definition) is 2. The lowest BCUT2D eigenvalue weighted by molar-refractivity contribution is 0.742. The lowest BCUT2D eigenvalue weighted by atomic mass is 9.93. The van der Waals surface area contributed by atoms with Crippen LogP contribution in [0.4, 0.5) is 0 Å². The minimum Gasteiger partial charge on any atom is -0.385 e. The van der Waals surface area contributed by atoms with Crippen molar-refractivity contribution in [3.8, 4) is 10.6 Å². The van der Waals surface area contributed by atoms with Gasteiger partial charge >= 0.3 is 0 Å². The van der Waals surface area contributed by atoms with Gasteiger partial charge in [-0.3, -0.25) is 5.43 Å². The van der Waals surface area contributed by atoms with E-state index in [1.807, 2.05) is 13.8 Å². The molecule has 1 heterocycles. The predicted molar refractivity (Wildman–Crippen MR) is 107 cm³/mol. The fourth-order valence-corrected chi connectivity index (χ4v) is 4.01. The van der Waals surface area contributed by atoms with Crippen LogP contribution in [0.2, 0.25) is 0 Å². The maximum absolute atomic E-state index is 5.50. The van der Waals surface area contributed by atoms with E-state index >= 15 is 0 Å². The summed E-state index contributed by atoms with van der Waals surface area (Å²) in [6, 6.07) is 8.76. The van der Waals surface area contributed by atoms with E-state index in [0.29, 0.717) is 5.82 Å². The zero-order valence-corrected chi connectivity index (χ0v) is 15.6. The van der Waals surface area contributed by atoms with E-state index in [-0.39, 0.29) is 0 Å². The molecule has 0 aliphatic heterocycles. The highest BCUT2D eigenvalue weighted by Gasteiger charge is 2.13. The van der Waals surface area contributed by atoms with E-state index in [9.17, 15) is 0 Å². The van der Waals surface area contributed by atoms with Gasteiger partial charge in [0, 0.05) is 5.56 Å². The highest BCUT2D eigenvalue weighted by atomic mass is 32.1. The van der Waals surface area contributed by atoms with Gasteiger partial charge < -0.3 is 5.73 Å². The first-order valence-electron chi connectivity index (χ1n) is 8.57. The normalized spacial score (nSPS) is 15.0. The SMILES string of the molecule is C=C(N)N/N=C(\C)c1sc(-c2ccc(C3=CCCCC3)cc2)nc1C. The summed E-state index contributed by atoms with van der Waals surface area (Å²) in [6.45, 7) is 7.54. The Bertz CT molecular complexity index is 828. The van der Waals surface area contributed by atoms with E-state index in [2.05, 4.69) is 47.4 Å². The van der Waals surface area contributed by atoms with Gasteiger partial charge in [-0.1, -0.05) is 36.9 Å². The second kappa shape index (κ2) is 7.66. The molecule has 1 aromatic heterocycles. The molecule has 3 N–H and O–H groups in total. The minimum atomic E-state index is 0.328. The third kappa shape index (κ3) is 4.17. The first kappa shape index (κ1) is 17.4. The van der Waals surface area contributed by atoms with Gasteiger partial charge in [-0.25, -0.2) is 4.98 Å². The second-order valence-corrected chi connectivity index (χ2v) is 7.32. The molecule has 0 fully saturated rings. The van der Waals surface area contributed by atoms with Gasteiger partial charge in [-0.05, 0) is 50.7 Å². The molecule has 5 heteroatoms. The average Bonchev–Trinajstić information content (AvgIpc) is 3.02. The highest BCUT2D eigenvalue weighted by molar-refractivity contribution is 7.17. The molecule has 1 aromatic carbocycles. The van der Waals surface area contributed by atoms with E-state index in [4.69, 9.17) is 10.7 Å². The van der Waals surface area contributed by atoms with Gasteiger partial charge in [0.25, 0.3) is 0 Å². The van der Waals surface area contributed by atoms with Crippen LogP contribution in [0.5, 0.6) is 0 Å². The minimum absolute atomic E-state index is 0.328. The van der Waals surface area contributed by atoms with Crippen LogP contribution >= 0.6 is 11.3 Å². The van der Waals surface area contributed by atoms with Crippen molar-refractivity contribution in [2.45, 2.75) is 39.5 Å². The van der Waals surface area contributed by atoms with E-state index in [1.54, 1.807) is 11.3 Å². The van der Waals surface area contributed by atoms with Crippen molar-refractivity contribution in [3.63, 3.8) is 0 Å². The fourth-order valence-electron chi connectivity index (χ4n) is 2.99. The summed E-state index contributed by atoms with van der Waals surface area (Å²) in [6.07, 6.45) is 7.38. The van der Waals surface area contributed by atoms with Gasteiger partial charge in [-0.15, -0.1) is 11.3 Å². The molecular formula is C20H24N4S. The molecular weight excluding hydrogens is 328 g/mol. The summed E-state index contributed by atoms with van der Waals surface area (Å²) in [7, 11) is 0. The van der Waals surface area contributed by atoms with Crippen molar-refractivity contribution < 1.29 is 0 Å². The van der Waals surface area contributed by atoms with E-state index in [0.717, 1.165) is 26.9 Å². The van der Waals surface area contributed by atoms with Crippen LogP contribution in [0.25, 0.3) is 16.1 Å². The maximum Gasteiger partial charge on any atom is 0.124 e. The molecule has 3 rings (SSSR count). The van der Waals surface area contributed by atoms with Gasteiger partial charge in [0.05, 0.1) is 16.3 Å². The smallest absolute Gasteiger partial charge is 0.124 e. The molecule has 0 unspecified atom stereocenters. The number of benzene rings is 1. The molecule has 1 aliphatic carbocycles. The molecule has 0 spiro atoms. The van der Waals surface area contributed by atoms with Crippen LogP contribution in [0.3, 0.4) is 0 Å². The van der Waals surface area contributed by atoms with Crippen LogP contribution in [-0.4, -0.2) is 10.7 Å². The van der Waals surface area contributed by atoms with Gasteiger partial charge in [-0.2, -0.15) is 5.10 Å². The monoisotopic (exact) mass is 352 g/mol. The molecule has 4 nitrogen and oxygen atoms in total. The van der Waals surface area contributed by atoms with E-state index < -0.39 is 0 Å². The number of allylic oxidation sites excluding steroid dienone is 2. The average molecular weight is 353 g/mol. The highest BCUT2D eigenvalue weighted by Crippen LogP contribution is 2.31. The van der Waals surface area contributed by atoms with Crippen LogP contribution in [0, 0.1) is 6.92 Å². The van der Waals surface area contributed by atoms with Crippen molar-refractivity contribution in [2.75, 3.05) is 0 Å². The standard InChI is InChI=1S/C20H24N4S/c1-13-19(14(2)23-24-15(3)21)25-20(22-13)18-11-9-17(10-12-18)16-7-5-4-6-8-16/h7,9-12,24H,3-6,8,21H2,1-2H3/b23-14+. The van der Waals surface area contributed by atoms with Crippen LogP contribution in [0.15, 0.2) is 47.8 Å². The molecule has 130 valence electrons. The van der Waals surface area contributed by atoms with E-state index in [1.165, 1.54) is 36.8 Å². The molecule has 0 bridgehead atoms. The number of nitrogens with one attached hydrogen (secondary N) is 1. The Morgan fingerprint density at radius 3 is 2.60 bits per heavy atom. The molecule has 25 heavy (non-hydrogen) atoms. The Morgan fingerprint density at radius 2 is 1.96 bits per heavy atom. The number of nitrogens with two attached hydrogens (primary N) is 1. The Morgan fingerprint density at radius 1 is 1.24 bits per heavy atom. The van der Waals surface area contributed by atoms with Crippen LogP contribution < -0.4 is 11.2 Å². The number of nitrogens with zero attached hydrogens (tertiary/aromatic N) is 2. The van der Waals surface area contributed by atoms with Crippen molar-refractivity contribution in [2.24, 2.45) is 10.8 Å². The summed E-state index contributed by atoms with van der Waals surface area (Å²) < 4.78 is 0. The molecule has 0 saturated heterocycles. The molecule has 0 atom stereocenters. The molecule has 0 saturated carbocycles. The summed E-state index contributed by atoms with van der Waals surface area (Å²) in [5.74, 6) is 0.328. The fraction of sp³-hybridized carbons (Fsp3) is 0.300. The predicted octanol–water partition coefficient (Wildman–Crippen LogP) is 4.82. The van der Waals surface area contributed by atoms with Crippen molar-refractivity contribution in [1.82, 2.24) is 10.4 Å². The van der Waals surface area contributed by atoms with Crippen LogP contribution in [-0.2, 0) is 0 Å². The van der Waals surface area contributed by atoms with Gasteiger partial charge in [0.2, 0.25) is 0 Å². The molecule has 1 aliphatic rings. The summed E-state index contributed by atoms with van der Waals surface area (Å²) >= 11 is 1.65. The Balaban J connectivity index is 1.83. The number of aromatic nitrogens is 1. The maximum atomic E-state index is 5.50. The quantitative estimate of drug-likeness (QED) is 0.599. The van der Waals surface area contributed by atoms with Gasteiger partial charge in [0.15, 0.2) is 0 Å². The third-order valence-electron chi connectivity index (χ3n) is 4.29. The largest absolute Gasteiger partial charge is 0.385 e. The Labute approximate surface area is 153 Å². The number of thiazole rings is 1. The Kier molecular flexibility index (Phi) is 5.34. The lowest BCUT2D eigenvalue weighted by Crippen LogP contribution is -2.14. The third-order valence-corrected chi connectivity index (χ3v) is 5.60. The number of rotatable bonds is 5. The first-order chi connectivity index (χ1) is 12.0. The number of hydrazone groups is 1. The number of hydrogen-bond acceptors (Lipinski definition) is 5. The molecule has 2 aromatic rings. The second-order valence-electron chi connectivity index (χ2n) is 6.32. The first-order valence-corrected chi connectivity index (χ1v) is 9.38. The summed E-state index contributed by atoms with van der Waals surface area (Å²) in [5, 5.41) is 5.25. The van der Waals surface area contributed by atoms with Crippen molar-refractivity contribution >= 4 is 22.6 Å². The molecule has 0 amide bonds. The van der Waals surface area contributed by atoms with Crippen molar-refractivity contribution in [1.29, 1.82) is 0 Å². The zero-order chi connectivity index (χ0) is 17.8. The van der Waals surface area contributed by atoms with Gasteiger partial charge in [0.1, 0.15) is 10.8 Å². The molecule has 0 radical (unpaired) electrons. The van der Waals surface area contributed by atoms with Crippen molar-refractivity contribution in [3.05, 3.63) is 58.9 Å². The topological polar surface area (TPSA) is 63.3 Å². The summed E-state index contributed by atoms with van der Waals surface area (Å²) in [4.78, 5) is 5.77.